The number of rotatable bonds is 4. The van der Waals surface area contributed by atoms with E-state index in [1.54, 1.807) is 12.5 Å². The summed E-state index contributed by atoms with van der Waals surface area (Å²) in [7, 11) is 0. The van der Waals surface area contributed by atoms with Crippen LogP contribution < -0.4 is 5.32 Å². The quantitative estimate of drug-likeness (QED) is 0.793. The summed E-state index contributed by atoms with van der Waals surface area (Å²) >= 11 is 0. The number of carbonyl (C=O) groups excluding carboxylic acids is 1. The number of imidazole rings is 1. The summed E-state index contributed by atoms with van der Waals surface area (Å²) in [5, 5.41) is 2.91. The van der Waals surface area contributed by atoms with E-state index in [4.69, 9.17) is 9.40 Å². The van der Waals surface area contributed by atoms with Gasteiger partial charge in [0.1, 0.15) is 17.1 Å². The van der Waals surface area contributed by atoms with E-state index in [1.165, 1.54) is 0 Å². The molecule has 1 N–H and O–H groups in total. The van der Waals surface area contributed by atoms with Crippen molar-refractivity contribution in [2.24, 2.45) is 0 Å². The maximum absolute atomic E-state index is 12.4. The number of likely N-dealkylation sites (tertiary alicyclic amines) is 1. The Kier molecular flexibility index (Phi) is 4.13. The lowest BCUT2D eigenvalue weighted by Crippen LogP contribution is -2.38. The van der Waals surface area contributed by atoms with Crippen molar-refractivity contribution in [2.75, 3.05) is 13.1 Å². The first-order chi connectivity index (χ1) is 12.3. The van der Waals surface area contributed by atoms with Crippen LogP contribution in [0.2, 0.25) is 0 Å². The summed E-state index contributed by atoms with van der Waals surface area (Å²) in [4.78, 5) is 23.5. The normalized spacial score (nSPS) is 17.3. The number of amides is 2. The molecule has 0 aliphatic carbocycles. The molecule has 1 aliphatic heterocycles. The van der Waals surface area contributed by atoms with Crippen molar-refractivity contribution in [1.82, 2.24) is 24.8 Å². The molecule has 2 amide bonds. The third-order valence-electron chi connectivity index (χ3n) is 4.68. The van der Waals surface area contributed by atoms with E-state index in [-0.39, 0.29) is 11.9 Å². The third kappa shape index (κ3) is 2.97. The van der Waals surface area contributed by atoms with Crippen LogP contribution in [0.25, 0.3) is 11.2 Å². The van der Waals surface area contributed by atoms with Crippen molar-refractivity contribution in [3.8, 4) is 0 Å². The van der Waals surface area contributed by atoms with Gasteiger partial charge >= 0.3 is 6.03 Å². The minimum Gasteiger partial charge on any atom is -0.467 e. The van der Waals surface area contributed by atoms with E-state index in [9.17, 15) is 4.79 Å². The van der Waals surface area contributed by atoms with Gasteiger partial charge in [-0.05, 0) is 37.6 Å². The van der Waals surface area contributed by atoms with E-state index in [0.29, 0.717) is 13.1 Å². The van der Waals surface area contributed by atoms with Gasteiger partial charge in [-0.2, -0.15) is 0 Å². The highest BCUT2D eigenvalue weighted by atomic mass is 16.3. The van der Waals surface area contributed by atoms with Crippen LogP contribution in [0.5, 0.6) is 0 Å². The van der Waals surface area contributed by atoms with Gasteiger partial charge in [-0.1, -0.05) is 0 Å². The van der Waals surface area contributed by atoms with Crippen LogP contribution in [0, 0.1) is 0 Å². The van der Waals surface area contributed by atoms with Crippen molar-refractivity contribution >= 4 is 17.2 Å². The number of carbonyl (C=O) groups is 1. The average Bonchev–Trinajstić information content (AvgIpc) is 3.38. The van der Waals surface area contributed by atoms with Crippen molar-refractivity contribution in [2.45, 2.75) is 32.4 Å². The molecule has 1 saturated heterocycles. The molecule has 0 radical (unpaired) electrons. The second-order valence-electron chi connectivity index (χ2n) is 6.23. The maximum Gasteiger partial charge on any atom is 0.317 e. The second-order valence-corrected chi connectivity index (χ2v) is 6.23. The number of urea groups is 1. The van der Waals surface area contributed by atoms with Crippen molar-refractivity contribution < 1.29 is 9.21 Å². The first-order valence-corrected chi connectivity index (χ1v) is 8.62. The standard InChI is InChI=1S/C18H21N5O2/c1-2-23-16(21-15-6-3-8-19-17(15)23)13-7-9-22(12-13)18(24)20-11-14-5-4-10-25-14/h3-6,8,10,13H,2,7,9,11-12H2,1H3,(H,20,24)/t13-/m0/s1. The van der Waals surface area contributed by atoms with Crippen LogP contribution in [-0.4, -0.2) is 38.6 Å². The van der Waals surface area contributed by atoms with Gasteiger partial charge in [-0.25, -0.2) is 14.8 Å². The summed E-state index contributed by atoms with van der Waals surface area (Å²) < 4.78 is 7.40. The number of furan rings is 1. The Morgan fingerprint density at radius 2 is 2.32 bits per heavy atom. The Bertz CT molecular complexity index is 871. The monoisotopic (exact) mass is 339 g/mol. The van der Waals surface area contributed by atoms with E-state index in [2.05, 4.69) is 21.8 Å². The van der Waals surface area contributed by atoms with Gasteiger partial charge in [-0.15, -0.1) is 0 Å². The van der Waals surface area contributed by atoms with Gasteiger partial charge in [0.05, 0.1) is 12.8 Å². The minimum absolute atomic E-state index is 0.0591. The molecule has 130 valence electrons. The Morgan fingerprint density at radius 3 is 3.12 bits per heavy atom. The molecule has 4 rings (SSSR count). The Balaban J connectivity index is 1.46. The Morgan fingerprint density at radius 1 is 1.40 bits per heavy atom. The zero-order chi connectivity index (χ0) is 17.2. The molecule has 1 aliphatic rings. The number of aromatic nitrogens is 3. The van der Waals surface area contributed by atoms with Gasteiger partial charge in [0.2, 0.25) is 0 Å². The average molecular weight is 339 g/mol. The van der Waals surface area contributed by atoms with E-state index in [1.807, 2.05) is 29.2 Å². The molecule has 1 fully saturated rings. The lowest BCUT2D eigenvalue weighted by molar-refractivity contribution is 0.206. The van der Waals surface area contributed by atoms with E-state index < -0.39 is 0 Å². The number of fused-ring (bicyclic) bond motifs is 1. The van der Waals surface area contributed by atoms with Gasteiger partial charge < -0.3 is 19.2 Å². The van der Waals surface area contributed by atoms with Gasteiger partial charge in [0.25, 0.3) is 0 Å². The highest BCUT2D eigenvalue weighted by Gasteiger charge is 2.31. The number of nitrogens with zero attached hydrogens (tertiary/aromatic N) is 4. The van der Waals surface area contributed by atoms with Crippen LogP contribution in [0.15, 0.2) is 41.1 Å². The molecule has 1 atom stereocenters. The zero-order valence-electron chi connectivity index (χ0n) is 14.2. The molecule has 0 saturated carbocycles. The topological polar surface area (TPSA) is 76.2 Å². The smallest absolute Gasteiger partial charge is 0.317 e. The number of hydrogen-bond donors (Lipinski definition) is 1. The largest absolute Gasteiger partial charge is 0.467 e. The van der Waals surface area contributed by atoms with E-state index >= 15 is 0 Å². The number of pyridine rings is 1. The summed E-state index contributed by atoms with van der Waals surface area (Å²) in [6.07, 6.45) is 4.32. The second kappa shape index (κ2) is 6.58. The lowest BCUT2D eigenvalue weighted by Gasteiger charge is -2.17. The van der Waals surface area contributed by atoms with Gasteiger partial charge in [0.15, 0.2) is 5.65 Å². The number of nitrogens with one attached hydrogen (secondary N) is 1. The summed E-state index contributed by atoms with van der Waals surface area (Å²) in [6.45, 7) is 4.73. The summed E-state index contributed by atoms with van der Waals surface area (Å²) in [6, 6.07) is 7.50. The highest BCUT2D eigenvalue weighted by Crippen LogP contribution is 2.29. The number of aryl methyl sites for hydroxylation is 1. The first kappa shape index (κ1) is 15.7. The predicted molar refractivity (Wildman–Crippen MR) is 93.1 cm³/mol. The van der Waals surface area contributed by atoms with Gasteiger partial charge in [-0.3, -0.25) is 0 Å². The molecule has 7 heteroatoms. The molecule has 0 aromatic carbocycles. The van der Waals surface area contributed by atoms with E-state index in [0.717, 1.165) is 42.3 Å². The van der Waals surface area contributed by atoms with Crippen molar-refractivity contribution in [1.29, 1.82) is 0 Å². The van der Waals surface area contributed by atoms with Crippen LogP contribution in [0.4, 0.5) is 4.79 Å². The predicted octanol–water partition coefficient (Wildman–Crippen LogP) is 2.74. The molecule has 0 bridgehead atoms. The minimum atomic E-state index is -0.0591. The van der Waals surface area contributed by atoms with Crippen LogP contribution in [0.1, 0.15) is 30.8 Å². The van der Waals surface area contributed by atoms with Crippen LogP contribution in [-0.2, 0) is 13.1 Å². The fraction of sp³-hybridized carbons (Fsp3) is 0.389. The van der Waals surface area contributed by atoms with Crippen LogP contribution in [0.3, 0.4) is 0 Å². The fourth-order valence-corrected chi connectivity index (χ4v) is 3.44. The Hall–Kier alpha value is -2.83. The van der Waals surface area contributed by atoms with Crippen LogP contribution >= 0.6 is 0 Å². The van der Waals surface area contributed by atoms with Gasteiger partial charge in [0, 0.05) is 31.7 Å². The molecule has 3 aromatic rings. The molecule has 7 nitrogen and oxygen atoms in total. The maximum atomic E-state index is 12.4. The molecule has 0 unspecified atom stereocenters. The molecular weight excluding hydrogens is 318 g/mol. The first-order valence-electron chi connectivity index (χ1n) is 8.62. The van der Waals surface area contributed by atoms with Crippen molar-refractivity contribution in [3.05, 3.63) is 48.3 Å². The summed E-state index contributed by atoms with van der Waals surface area (Å²) in [5.74, 6) is 2.02. The Labute approximate surface area is 145 Å². The molecular formula is C18H21N5O2. The van der Waals surface area contributed by atoms with Crippen molar-refractivity contribution in [3.63, 3.8) is 0 Å². The molecule has 0 spiro atoms. The fourth-order valence-electron chi connectivity index (χ4n) is 3.44. The zero-order valence-corrected chi connectivity index (χ0v) is 14.2. The number of hydrogen-bond acceptors (Lipinski definition) is 4. The SMILES string of the molecule is CCn1c([C@H]2CCN(C(=O)NCc3ccco3)C2)nc2cccnc21. The molecule has 4 heterocycles. The summed E-state index contributed by atoms with van der Waals surface area (Å²) in [5.41, 5.74) is 1.83. The molecule has 3 aromatic heterocycles. The highest BCUT2D eigenvalue weighted by molar-refractivity contribution is 5.75. The third-order valence-corrected chi connectivity index (χ3v) is 4.68. The molecule has 25 heavy (non-hydrogen) atoms. The lowest BCUT2D eigenvalue weighted by atomic mass is 10.1.